The normalized spacial score (nSPS) is 12.3. The van der Waals surface area contributed by atoms with Gasteiger partial charge in [-0.25, -0.2) is 4.39 Å². The molecule has 0 radical (unpaired) electrons. The highest BCUT2D eigenvalue weighted by Crippen LogP contribution is 2.24. The van der Waals surface area contributed by atoms with E-state index in [4.69, 9.17) is 4.74 Å². The maximum Gasteiger partial charge on any atom is 0.123 e. The van der Waals surface area contributed by atoms with E-state index in [0.29, 0.717) is 6.61 Å². The monoisotopic (exact) mass is 315 g/mol. The highest BCUT2D eigenvalue weighted by molar-refractivity contribution is 5.19. The van der Waals surface area contributed by atoms with Gasteiger partial charge in [0.2, 0.25) is 0 Å². The van der Waals surface area contributed by atoms with Gasteiger partial charge in [0.15, 0.2) is 0 Å². The zero-order valence-corrected chi connectivity index (χ0v) is 13.8. The fraction of sp³-hybridized carbons (Fsp3) is 0.400. The molecule has 2 aromatic carbocycles. The Hall–Kier alpha value is -1.71. The van der Waals surface area contributed by atoms with Crippen LogP contribution in [0.3, 0.4) is 0 Å². The summed E-state index contributed by atoms with van der Waals surface area (Å²) in [4.78, 5) is 0. The van der Waals surface area contributed by atoms with Gasteiger partial charge in [0, 0.05) is 6.61 Å². The van der Waals surface area contributed by atoms with E-state index in [2.05, 4.69) is 29.6 Å². The molecule has 0 aliphatic carbocycles. The lowest BCUT2D eigenvalue weighted by Gasteiger charge is -2.18. The van der Waals surface area contributed by atoms with Crippen molar-refractivity contribution in [1.29, 1.82) is 0 Å². The molecule has 1 unspecified atom stereocenters. The molecule has 1 N–H and O–H groups in total. The van der Waals surface area contributed by atoms with Gasteiger partial charge in [-0.1, -0.05) is 42.5 Å². The van der Waals surface area contributed by atoms with Gasteiger partial charge in [0.25, 0.3) is 0 Å². The molecule has 0 saturated heterocycles. The quantitative estimate of drug-likeness (QED) is 0.651. The van der Waals surface area contributed by atoms with E-state index in [1.54, 1.807) is 0 Å². The highest BCUT2D eigenvalue weighted by Gasteiger charge is 2.12. The third kappa shape index (κ3) is 6.51. The second-order valence-corrected chi connectivity index (χ2v) is 5.75. The predicted molar refractivity (Wildman–Crippen MR) is 93.0 cm³/mol. The van der Waals surface area contributed by atoms with E-state index in [9.17, 15) is 4.39 Å². The van der Waals surface area contributed by atoms with E-state index < -0.39 is 0 Å². The number of nitrogens with one attached hydrogen (secondary N) is 1. The minimum Gasteiger partial charge on any atom is -0.373 e. The van der Waals surface area contributed by atoms with Crippen molar-refractivity contribution in [1.82, 2.24) is 5.32 Å². The summed E-state index contributed by atoms with van der Waals surface area (Å²) in [6.45, 7) is 1.66. The topological polar surface area (TPSA) is 21.3 Å². The molecule has 0 fully saturated rings. The number of rotatable bonds is 10. The molecule has 124 valence electrons. The number of benzene rings is 2. The van der Waals surface area contributed by atoms with Crippen LogP contribution in [0.4, 0.5) is 4.39 Å². The third-order valence-corrected chi connectivity index (χ3v) is 3.91. The Morgan fingerprint density at radius 1 is 1.00 bits per heavy atom. The molecular formula is C20H26FNO. The van der Waals surface area contributed by atoms with Crippen LogP contribution in [-0.2, 0) is 11.2 Å². The first kappa shape index (κ1) is 17.6. The Morgan fingerprint density at radius 3 is 2.43 bits per heavy atom. The molecule has 2 nitrogen and oxygen atoms in total. The first-order valence-electron chi connectivity index (χ1n) is 8.35. The fourth-order valence-corrected chi connectivity index (χ4v) is 2.63. The Morgan fingerprint density at radius 2 is 1.74 bits per heavy atom. The predicted octanol–water partition coefficient (Wildman–Crippen LogP) is 4.52. The summed E-state index contributed by atoms with van der Waals surface area (Å²) in [5.74, 6) is -0.202. The van der Waals surface area contributed by atoms with Gasteiger partial charge in [0.05, 0.1) is 6.10 Å². The Bertz CT molecular complexity index is 541. The fourth-order valence-electron chi connectivity index (χ4n) is 2.63. The van der Waals surface area contributed by atoms with Crippen LogP contribution >= 0.6 is 0 Å². The lowest BCUT2D eigenvalue weighted by Crippen LogP contribution is -2.13. The minimum atomic E-state index is -0.202. The number of ether oxygens (including phenoxy) is 1. The molecule has 2 aromatic rings. The Kier molecular flexibility index (Phi) is 7.78. The van der Waals surface area contributed by atoms with Gasteiger partial charge in [-0.15, -0.1) is 0 Å². The van der Waals surface area contributed by atoms with Gasteiger partial charge < -0.3 is 10.1 Å². The van der Waals surface area contributed by atoms with Gasteiger partial charge in [-0.05, 0) is 62.5 Å². The van der Waals surface area contributed by atoms with E-state index in [-0.39, 0.29) is 11.9 Å². The van der Waals surface area contributed by atoms with Gasteiger partial charge in [-0.3, -0.25) is 0 Å². The molecule has 1 atom stereocenters. The summed E-state index contributed by atoms with van der Waals surface area (Å²) in [5.41, 5.74) is 2.41. The largest absolute Gasteiger partial charge is 0.373 e. The molecule has 23 heavy (non-hydrogen) atoms. The first-order chi connectivity index (χ1) is 11.3. The van der Waals surface area contributed by atoms with E-state index in [0.717, 1.165) is 37.8 Å². The summed E-state index contributed by atoms with van der Waals surface area (Å²) >= 11 is 0. The molecule has 0 saturated carbocycles. The Labute approximate surface area is 138 Å². The molecule has 0 heterocycles. The highest BCUT2D eigenvalue weighted by atomic mass is 19.1. The van der Waals surface area contributed by atoms with Crippen molar-refractivity contribution in [3.8, 4) is 0 Å². The minimum absolute atomic E-state index is 0.0381. The van der Waals surface area contributed by atoms with Crippen molar-refractivity contribution < 1.29 is 9.13 Å². The van der Waals surface area contributed by atoms with Crippen LogP contribution in [0.2, 0.25) is 0 Å². The third-order valence-electron chi connectivity index (χ3n) is 3.91. The SMILES string of the molecule is CNCCCOC(CCCc1ccccc1)c1ccc(F)cc1. The van der Waals surface area contributed by atoms with E-state index in [1.807, 2.05) is 25.2 Å². The maximum absolute atomic E-state index is 13.1. The van der Waals surface area contributed by atoms with E-state index >= 15 is 0 Å². The number of halogens is 1. The van der Waals surface area contributed by atoms with Crippen molar-refractivity contribution in [2.24, 2.45) is 0 Å². The average Bonchev–Trinajstić information content (AvgIpc) is 2.59. The van der Waals surface area contributed by atoms with Crippen molar-refractivity contribution in [2.45, 2.75) is 31.8 Å². The van der Waals surface area contributed by atoms with Crippen LogP contribution in [-0.4, -0.2) is 20.2 Å². The zero-order chi connectivity index (χ0) is 16.3. The molecule has 0 amide bonds. The summed E-state index contributed by atoms with van der Waals surface area (Å²) in [6, 6.07) is 17.2. The molecule has 3 heteroatoms. The lowest BCUT2D eigenvalue weighted by molar-refractivity contribution is 0.0440. The number of hydrogen-bond donors (Lipinski definition) is 1. The van der Waals surface area contributed by atoms with Crippen LogP contribution in [0.1, 0.15) is 36.5 Å². The van der Waals surface area contributed by atoms with Crippen LogP contribution in [0.5, 0.6) is 0 Å². The summed E-state index contributed by atoms with van der Waals surface area (Å²) in [5, 5.41) is 3.12. The second-order valence-electron chi connectivity index (χ2n) is 5.75. The molecule has 2 rings (SSSR count). The molecule has 0 aliphatic rings. The number of hydrogen-bond acceptors (Lipinski definition) is 2. The van der Waals surface area contributed by atoms with Crippen LogP contribution in [0.25, 0.3) is 0 Å². The smallest absolute Gasteiger partial charge is 0.123 e. The molecule has 0 aliphatic heterocycles. The van der Waals surface area contributed by atoms with Crippen LogP contribution < -0.4 is 5.32 Å². The first-order valence-corrected chi connectivity index (χ1v) is 8.35. The summed E-state index contributed by atoms with van der Waals surface area (Å²) in [7, 11) is 1.94. The molecule has 0 spiro atoms. The molecule has 0 bridgehead atoms. The van der Waals surface area contributed by atoms with Crippen LogP contribution in [0.15, 0.2) is 54.6 Å². The maximum atomic E-state index is 13.1. The van der Waals surface area contributed by atoms with Gasteiger partial charge >= 0.3 is 0 Å². The second kappa shape index (κ2) is 10.1. The summed E-state index contributed by atoms with van der Waals surface area (Å²) in [6.07, 6.45) is 4.06. The van der Waals surface area contributed by atoms with Crippen molar-refractivity contribution >= 4 is 0 Å². The summed E-state index contributed by atoms with van der Waals surface area (Å²) < 4.78 is 19.2. The van der Waals surface area contributed by atoms with Crippen molar-refractivity contribution in [3.63, 3.8) is 0 Å². The lowest BCUT2D eigenvalue weighted by atomic mass is 10.0. The van der Waals surface area contributed by atoms with Gasteiger partial charge in [0.1, 0.15) is 5.82 Å². The van der Waals surface area contributed by atoms with E-state index in [1.165, 1.54) is 17.7 Å². The number of aryl methyl sites for hydroxylation is 1. The molecule has 0 aromatic heterocycles. The standard InChI is InChI=1S/C20H26FNO/c1-22-15-6-16-23-20(18-11-13-19(21)14-12-18)10-5-9-17-7-3-2-4-8-17/h2-4,7-8,11-14,20,22H,5-6,9-10,15-16H2,1H3. The average molecular weight is 315 g/mol. The Balaban J connectivity index is 1.88. The van der Waals surface area contributed by atoms with Gasteiger partial charge in [-0.2, -0.15) is 0 Å². The van der Waals surface area contributed by atoms with Crippen LogP contribution in [0, 0.1) is 5.82 Å². The van der Waals surface area contributed by atoms with Crippen molar-refractivity contribution in [2.75, 3.05) is 20.2 Å². The zero-order valence-electron chi connectivity index (χ0n) is 13.8. The molecular weight excluding hydrogens is 289 g/mol. The van der Waals surface area contributed by atoms with Crippen molar-refractivity contribution in [3.05, 3.63) is 71.5 Å².